The van der Waals surface area contributed by atoms with Gasteiger partial charge in [-0.25, -0.2) is 0 Å². The largest absolute Gasteiger partial charge is 0.369 e. The lowest BCUT2D eigenvalue weighted by atomic mass is 10.0. The van der Waals surface area contributed by atoms with Gasteiger partial charge >= 0.3 is 0 Å². The van der Waals surface area contributed by atoms with E-state index in [0.29, 0.717) is 6.42 Å². The molecular formula is C8H14NO2. The molecule has 0 aromatic carbocycles. The monoisotopic (exact) mass is 156 g/mol. The maximum Gasteiger partial charge on any atom is 0.220 e. The molecular weight excluding hydrogens is 142 g/mol. The number of unbranched alkanes of at least 4 members (excludes halogenated alkanes) is 2. The Hall–Kier alpha value is -0.860. The number of rotatable bonds is 6. The molecule has 0 fully saturated rings. The van der Waals surface area contributed by atoms with Crippen molar-refractivity contribution in [2.45, 2.75) is 32.6 Å². The number of nitrogens with two attached hydrogens (primary N) is 1. The van der Waals surface area contributed by atoms with Gasteiger partial charge in [0.25, 0.3) is 0 Å². The first-order valence-corrected chi connectivity index (χ1v) is 3.82. The minimum Gasteiger partial charge on any atom is -0.369 e. The summed E-state index contributed by atoms with van der Waals surface area (Å²) >= 11 is 0. The van der Waals surface area contributed by atoms with E-state index < -0.39 is 0 Å². The Labute approximate surface area is 67.0 Å². The summed E-state index contributed by atoms with van der Waals surface area (Å²) in [5.41, 5.74) is 5.03. The van der Waals surface area contributed by atoms with Gasteiger partial charge in [-0.3, -0.25) is 9.59 Å². The van der Waals surface area contributed by atoms with Gasteiger partial charge in [0.05, 0.1) is 0 Å². The molecule has 0 aliphatic carbocycles. The van der Waals surface area contributed by atoms with Crippen molar-refractivity contribution in [2.75, 3.05) is 0 Å². The van der Waals surface area contributed by atoms with Gasteiger partial charge in [0.2, 0.25) is 5.91 Å². The van der Waals surface area contributed by atoms with Gasteiger partial charge in [-0.15, -0.1) is 0 Å². The SMILES string of the molecule is CC(CCCC[C]=O)C(N)=O. The van der Waals surface area contributed by atoms with Crippen LogP contribution in [0.2, 0.25) is 0 Å². The third kappa shape index (κ3) is 5.58. The number of carbonyl (C=O) groups is 1. The fourth-order valence-corrected chi connectivity index (χ4v) is 0.790. The molecule has 0 spiro atoms. The summed E-state index contributed by atoms with van der Waals surface area (Å²) in [7, 11) is 0. The summed E-state index contributed by atoms with van der Waals surface area (Å²) in [5, 5.41) is 0. The number of carbonyl (C=O) groups excluding carboxylic acids is 2. The molecule has 1 radical (unpaired) electrons. The molecule has 0 saturated heterocycles. The summed E-state index contributed by atoms with van der Waals surface area (Å²) in [6.45, 7) is 1.80. The van der Waals surface area contributed by atoms with Crippen molar-refractivity contribution < 1.29 is 9.59 Å². The van der Waals surface area contributed by atoms with Crippen LogP contribution in [0.4, 0.5) is 0 Å². The highest BCUT2D eigenvalue weighted by Crippen LogP contribution is 2.07. The number of primary amides is 1. The van der Waals surface area contributed by atoms with Crippen LogP contribution in [-0.4, -0.2) is 12.2 Å². The summed E-state index contributed by atoms with van der Waals surface area (Å²) in [5.74, 6) is -0.332. The predicted octanol–water partition coefficient (Wildman–Crippen LogP) is 0.778. The fraction of sp³-hybridized carbons (Fsp3) is 0.750. The first-order chi connectivity index (χ1) is 5.18. The van der Waals surface area contributed by atoms with Gasteiger partial charge < -0.3 is 5.73 Å². The Kier molecular flexibility index (Phi) is 5.43. The molecule has 1 amide bonds. The third-order valence-electron chi connectivity index (χ3n) is 1.65. The minimum absolute atomic E-state index is 0.0679. The number of hydrogen-bond acceptors (Lipinski definition) is 2. The topological polar surface area (TPSA) is 60.2 Å². The molecule has 3 heteroatoms. The van der Waals surface area contributed by atoms with E-state index in [0.717, 1.165) is 19.3 Å². The van der Waals surface area contributed by atoms with Crippen molar-refractivity contribution in [2.24, 2.45) is 11.7 Å². The maximum atomic E-state index is 10.5. The summed E-state index contributed by atoms with van der Waals surface area (Å²) < 4.78 is 0. The Morgan fingerprint density at radius 2 is 2.18 bits per heavy atom. The van der Waals surface area contributed by atoms with Crippen LogP contribution in [0.3, 0.4) is 0 Å². The molecule has 0 rings (SSSR count). The van der Waals surface area contributed by atoms with Crippen molar-refractivity contribution in [3.63, 3.8) is 0 Å². The molecule has 0 aliphatic rings. The van der Waals surface area contributed by atoms with Gasteiger partial charge in [0.1, 0.15) is 0 Å². The predicted molar refractivity (Wildman–Crippen MR) is 42.5 cm³/mol. The van der Waals surface area contributed by atoms with Gasteiger partial charge in [0, 0.05) is 12.3 Å². The van der Waals surface area contributed by atoms with Crippen LogP contribution < -0.4 is 5.73 Å². The number of amides is 1. The molecule has 0 bridgehead atoms. The molecule has 0 aromatic rings. The molecule has 0 heterocycles. The van der Waals surface area contributed by atoms with E-state index in [9.17, 15) is 9.59 Å². The Balaban J connectivity index is 3.24. The molecule has 1 atom stereocenters. The smallest absolute Gasteiger partial charge is 0.220 e. The molecule has 0 aromatic heterocycles. The highest BCUT2D eigenvalue weighted by atomic mass is 16.1. The minimum atomic E-state index is -0.264. The van der Waals surface area contributed by atoms with Crippen LogP contribution in [0.25, 0.3) is 0 Å². The van der Waals surface area contributed by atoms with Crippen molar-refractivity contribution in [1.82, 2.24) is 0 Å². The van der Waals surface area contributed by atoms with Crippen LogP contribution >= 0.6 is 0 Å². The van der Waals surface area contributed by atoms with E-state index >= 15 is 0 Å². The lowest BCUT2D eigenvalue weighted by Crippen LogP contribution is -2.20. The molecule has 3 nitrogen and oxygen atoms in total. The zero-order valence-corrected chi connectivity index (χ0v) is 6.80. The van der Waals surface area contributed by atoms with E-state index in [1.807, 2.05) is 0 Å². The average Bonchev–Trinajstić information content (AvgIpc) is 1.97. The lowest BCUT2D eigenvalue weighted by Gasteiger charge is -2.04. The van der Waals surface area contributed by atoms with Crippen molar-refractivity contribution in [3.05, 3.63) is 0 Å². The first kappa shape index (κ1) is 10.1. The molecule has 0 saturated carbocycles. The van der Waals surface area contributed by atoms with Crippen molar-refractivity contribution >= 4 is 12.2 Å². The second kappa shape index (κ2) is 5.89. The molecule has 0 aliphatic heterocycles. The lowest BCUT2D eigenvalue weighted by molar-refractivity contribution is -0.121. The van der Waals surface area contributed by atoms with E-state index in [1.165, 1.54) is 0 Å². The standard InChI is InChI=1S/C8H14NO2/c1-7(8(9)11)5-3-2-4-6-10/h7H,2-5H2,1H3,(H2,9,11). The van der Waals surface area contributed by atoms with Crippen LogP contribution in [0.5, 0.6) is 0 Å². The van der Waals surface area contributed by atoms with E-state index in [-0.39, 0.29) is 11.8 Å². The third-order valence-corrected chi connectivity index (χ3v) is 1.65. The molecule has 63 valence electrons. The summed E-state index contributed by atoms with van der Waals surface area (Å²) in [6.07, 6.45) is 4.72. The van der Waals surface area contributed by atoms with Gasteiger partial charge in [-0.05, 0) is 12.8 Å². The van der Waals surface area contributed by atoms with Gasteiger partial charge in [0.15, 0.2) is 6.29 Å². The Morgan fingerprint density at radius 3 is 2.64 bits per heavy atom. The second-order valence-electron chi connectivity index (χ2n) is 2.69. The van der Waals surface area contributed by atoms with Crippen LogP contribution in [0, 0.1) is 5.92 Å². The van der Waals surface area contributed by atoms with E-state index in [2.05, 4.69) is 0 Å². The molecule has 2 N–H and O–H groups in total. The molecule has 1 unspecified atom stereocenters. The van der Waals surface area contributed by atoms with Crippen LogP contribution in [0.1, 0.15) is 32.6 Å². The fourth-order valence-electron chi connectivity index (χ4n) is 0.790. The number of hydrogen-bond donors (Lipinski definition) is 1. The second-order valence-corrected chi connectivity index (χ2v) is 2.69. The van der Waals surface area contributed by atoms with Crippen LogP contribution in [-0.2, 0) is 9.59 Å². The van der Waals surface area contributed by atoms with Crippen molar-refractivity contribution in [1.29, 1.82) is 0 Å². The van der Waals surface area contributed by atoms with E-state index in [1.54, 1.807) is 13.2 Å². The molecule has 11 heavy (non-hydrogen) atoms. The Bertz CT molecular complexity index is 134. The van der Waals surface area contributed by atoms with Gasteiger partial charge in [-0.2, -0.15) is 0 Å². The highest BCUT2D eigenvalue weighted by Gasteiger charge is 2.06. The maximum absolute atomic E-state index is 10.5. The normalized spacial score (nSPS) is 12.5. The van der Waals surface area contributed by atoms with E-state index in [4.69, 9.17) is 5.73 Å². The summed E-state index contributed by atoms with van der Waals surface area (Å²) in [4.78, 5) is 20.3. The quantitative estimate of drug-likeness (QED) is 0.577. The average molecular weight is 156 g/mol. The Morgan fingerprint density at radius 1 is 1.55 bits per heavy atom. The first-order valence-electron chi connectivity index (χ1n) is 3.82. The summed E-state index contributed by atoms with van der Waals surface area (Å²) in [6, 6.07) is 0. The highest BCUT2D eigenvalue weighted by molar-refractivity contribution is 5.76. The zero-order valence-electron chi connectivity index (χ0n) is 6.80. The van der Waals surface area contributed by atoms with Gasteiger partial charge in [-0.1, -0.05) is 13.3 Å². The van der Waals surface area contributed by atoms with Crippen LogP contribution in [0.15, 0.2) is 0 Å². The van der Waals surface area contributed by atoms with Crippen molar-refractivity contribution in [3.8, 4) is 0 Å². The zero-order chi connectivity index (χ0) is 8.69.